The Kier molecular flexibility index (Phi) is 4.10. The highest BCUT2D eigenvalue weighted by atomic mass is 16.5. The van der Waals surface area contributed by atoms with Crippen molar-refractivity contribution in [3.63, 3.8) is 0 Å². The zero-order chi connectivity index (χ0) is 12.1. The Balaban J connectivity index is 2.40. The average molecular weight is 230 g/mol. The summed E-state index contributed by atoms with van der Waals surface area (Å²) in [5.41, 5.74) is 0. The first kappa shape index (κ1) is 12.3. The van der Waals surface area contributed by atoms with Crippen molar-refractivity contribution >= 4 is 18.0 Å². The van der Waals surface area contributed by atoms with Gasteiger partial charge in [0.05, 0.1) is 13.2 Å². The molecule has 7 heteroatoms. The van der Waals surface area contributed by atoms with Gasteiger partial charge in [-0.15, -0.1) is 0 Å². The molecule has 90 valence electrons. The highest BCUT2D eigenvalue weighted by Crippen LogP contribution is 2.16. The Morgan fingerprint density at radius 2 is 2.19 bits per heavy atom. The number of carbonyl (C=O) groups is 3. The molecule has 2 N–H and O–H groups in total. The molecule has 0 radical (unpaired) electrons. The number of carboxylic acid groups (broad SMARTS) is 1. The average Bonchev–Trinajstić information content (AvgIpc) is 2.72. The largest absolute Gasteiger partial charge is 0.465 e. The van der Waals surface area contributed by atoms with Gasteiger partial charge in [0.1, 0.15) is 0 Å². The molecule has 0 aromatic rings. The third-order valence-corrected chi connectivity index (χ3v) is 2.49. The summed E-state index contributed by atoms with van der Waals surface area (Å²) >= 11 is 0. The molecule has 0 aromatic heterocycles. The number of hydrogen-bond acceptors (Lipinski definition) is 4. The topological polar surface area (TPSA) is 95.9 Å². The number of carbonyl (C=O) groups excluding carboxylic acids is 2. The number of likely N-dealkylation sites (tertiary alicyclic amines) is 1. The van der Waals surface area contributed by atoms with Crippen molar-refractivity contribution in [3.8, 4) is 0 Å². The molecule has 0 aromatic carbocycles. The number of methoxy groups -OCH3 is 1. The predicted octanol–water partition coefficient (Wildman–Crippen LogP) is -0.582. The molecule has 1 atom stereocenters. The van der Waals surface area contributed by atoms with Gasteiger partial charge in [-0.2, -0.15) is 0 Å². The monoisotopic (exact) mass is 230 g/mol. The number of ether oxygens (including phenoxy) is 1. The van der Waals surface area contributed by atoms with Gasteiger partial charge in [0.2, 0.25) is 0 Å². The van der Waals surface area contributed by atoms with E-state index < -0.39 is 18.0 Å². The number of nitrogens with zero attached hydrogens (tertiary/aromatic N) is 1. The Labute approximate surface area is 92.4 Å². The first-order chi connectivity index (χ1) is 7.56. The first-order valence-electron chi connectivity index (χ1n) is 4.92. The summed E-state index contributed by atoms with van der Waals surface area (Å²) in [5.74, 6) is -1.82. The van der Waals surface area contributed by atoms with Crippen molar-refractivity contribution in [2.45, 2.75) is 18.9 Å². The van der Waals surface area contributed by atoms with Crippen LogP contribution in [0.4, 0.5) is 4.79 Å². The lowest BCUT2D eigenvalue weighted by molar-refractivity contribution is -0.152. The molecule has 1 fully saturated rings. The van der Waals surface area contributed by atoms with Crippen LogP contribution in [0.1, 0.15) is 12.8 Å². The molecule has 1 saturated heterocycles. The van der Waals surface area contributed by atoms with Crippen LogP contribution in [0.3, 0.4) is 0 Å². The van der Waals surface area contributed by atoms with Gasteiger partial charge >= 0.3 is 18.0 Å². The van der Waals surface area contributed by atoms with Gasteiger partial charge in [-0.1, -0.05) is 0 Å². The van der Waals surface area contributed by atoms with E-state index >= 15 is 0 Å². The van der Waals surface area contributed by atoms with E-state index in [0.29, 0.717) is 13.0 Å². The third kappa shape index (κ3) is 2.85. The molecule has 0 aliphatic carbocycles. The zero-order valence-electron chi connectivity index (χ0n) is 8.93. The van der Waals surface area contributed by atoms with E-state index in [2.05, 4.69) is 10.1 Å². The van der Waals surface area contributed by atoms with E-state index in [1.165, 1.54) is 4.90 Å². The minimum absolute atomic E-state index is 0.139. The van der Waals surface area contributed by atoms with Gasteiger partial charge in [-0.05, 0) is 12.8 Å². The van der Waals surface area contributed by atoms with Crippen LogP contribution < -0.4 is 5.32 Å². The summed E-state index contributed by atoms with van der Waals surface area (Å²) < 4.78 is 4.22. The summed E-state index contributed by atoms with van der Waals surface area (Å²) in [5, 5.41) is 11.2. The highest BCUT2D eigenvalue weighted by Gasteiger charge is 2.29. The molecule has 0 saturated carbocycles. The maximum atomic E-state index is 11.1. The van der Waals surface area contributed by atoms with E-state index in [1.54, 1.807) is 0 Å². The molecule has 1 heterocycles. The van der Waals surface area contributed by atoms with E-state index in [-0.39, 0.29) is 12.6 Å². The number of esters is 1. The molecule has 7 nitrogen and oxygen atoms in total. The van der Waals surface area contributed by atoms with Crippen LogP contribution in [0.25, 0.3) is 0 Å². The van der Waals surface area contributed by atoms with Crippen LogP contribution >= 0.6 is 0 Å². The van der Waals surface area contributed by atoms with Gasteiger partial charge in [-0.3, -0.25) is 4.79 Å². The predicted molar refractivity (Wildman–Crippen MR) is 52.8 cm³/mol. The van der Waals surface area contributed by atoms with E-state index in [4.69, 9.17) is 5.11 Å². The summed E-state index contributed by atoms with van der Waals surface area (Å²) in [7, 11) is 1.11. The summed E-state index contributed by atoms with van der Waals surface area (Å²) in [4.78, 5) is 33.9. The SMILES string of the molecule is COC(=O)C(=O)NC[C@H]1CCCN1C(=O)O. The minimum Gasteiger partial charge on any atom is -0.465 e. The van der Waals surface area contributed by atoms with Crippen LogP contribution in [0, 0.1) is 0 Å². The first-order valence-corrected chi connectivity index (χ1v) is 4.92. The lowest BCUT2D eigenvalue weighted by Gasteiger charge is -2.21. The molecule has 0 spiro atoms. The maximum Gasteiger partial charge on any atom is 0.407 e. The number of amides is 2. The van der Waals surface area contributed by atoms with Crippen molar-refractivity contribution in [1.29, 1.82) is 0 Å². The Bertz CT molecular complexity index is 304. The van der Waals surface area contributed by atoms with Crippen molar-refractivity contribution in [2.75, 3.05) is 20.2 Å². The fraction of sp³-hybridized carbons (Fsp3) is 0.667. The summed E-state index contributed by atoms with van der Waals surface area (Å²) in [6, 6.07) is -0.258. The third-order valence-electron chi connectivity index (χ3n) is 2.49. The van der Waals surface area contributed by atoms with Gasteiger partial charge < -0.3 is 20.1 Å². The molecule has 0 unspecified atom stereocenters. The molecule has 16 heavy (non-hydrogen) atoms. The Morgan fingerprint density at radius 1 is 1.50 bits per heavy atom. The molecular formula is C9H14N2O5. The standard InChI is InChI=1S/C9H14N2O5/c1-16-8(13)7(12)10-5-6-3-2-4-11(6)9(14)15/h6H,2-5H2,1H3,(H,10,12)(H,14,15)/t6-/m1/s1. The van der Waals surface area contributed by atoms with Gasteiger partial charge in [0.15, 0.2) is 0 Å². The molecule has 1 aliphatic heterocycles. The summed E-state index contributed by atoms with van der Waals surface area (Å²) in [6.07, 6.45) is 0.452. The molecule has 1 aliphatic rings. The number of rotatable bonds is 2. The van der Waals surface area contributed by atoms with E-state index in [1.807, 2.05) is 0 Å². The molecular weight excluding hydrogens is 216 g/mol. The number of nitrogens with one attached hydrogen (secondary N) is 1. The fourth-order valence-electron chi connectivity index (χ4n) is 1.68. The fourth-order valence-corrected chi connectivity index (χ4v) is 1.68. The lowest BCUT2D eigenvalue weighted by Crippen LogP contribution is -2.44. The second-order valence-electron chi connectivity index (χ2n) is 3.47. The minimum atomic E-state index is -1.00. The highest BCUT2D eigenvalue weighted by molar-refractivity contribution is 6.32. The van der Waals surface area contributed by atoms with Crippen molar-refractivity contribution < 1.29 is 24.2 Å². The number of hydrogen-bond donors (Lipinski definition) is 2. The molecule has 1 rings (SSSR count). The maximum absolute atomic E-state index is 11.1. The van der Waals surface area contributed by atoms with Gasteiger partial charge in [0, 0.05) is 13.1 Å². The quantitative estimate of drug-likeness (QED) is 0.488. The summed E-state index contributed by atoms with van der Waals surface area (Å²) in [6.45, 7) is 0.605. The van der Waals surface area contributed by atoms with Crippen LogP contribution in [0.2, 0.25) is 0 Å². The van der Waals surface area contributed by atoms with Crippen LogP contribution in [0.5, 0.6) is 0 Å². The normalized spacial score (nSPS) is 19.3. The van der Waals surface area contributed by atoms with Crippen LogP contribution in [-0.4, -0.2) is 54.2 Å². The van der Waals surface area contributed by atoms with Gasteiger partial charge in [0.25, 0.3) is 0 Å². The lowest BCUT2D eigenvalue weighted by atomic mass is 10.2. The smallest absolute Gasteiger partial charge is 0.407 e. The van der Waals surface area contributed by atoms with E-state index in [9.17, 15) is 14.4 Å². The van der Waals surface area contributed by atoms with Crippen molar-refractivity contribution in [1.82, 2.24) is 10.2 Å². The second kappa shape index (κ2) is 5.34. The molecule has 2 amide bonds. The van der Waals surface area contributed by atoms with Crippen LogP contribution in [0.15, 0.2) is 0 Å². The van der Waals surface area contributed by atoms with Crippen molar-refractivity contribution in [2.24, 2.45) is 0 Å². The Morgan fingerprint density at radius 3 is 2.75 bits per heavy atom. The Hall–Kier alpha value is -1.79. The van der Waals surface area contributed by atoms with E-state index in [0.717, 1.165) is 13.5 Å². The second-order valence-corrected chi connectivity index (χ2v) is 3.47. The van der Waals surface area contributed by atoms with Crippen molar-refractivity contribution in [3.05, 3.63) is 0 Å². The van der Waals surface area contributed by atoms with Gasteiger partial charge in [-0.25, -0.2) is 9.59 Å². The van der Waals surface area contributed by atoms with Crippen LogP contribution in [-0.2, 0) is 14.3 Å². The zero-order valence-corrected chi connectivity index (χ0v) is 8.93. The molecule has 0 bridgehead atoms.